The maximum absolute atomic E-state index is 12.8. The van der Waals surface area contributed by atoms with Gasteiger partial charge in [-0.2, -0.15) is 0 Å². The van der Waals surface area contributed by atoms with E-state index in [4.69, 9.17) is 0 Å². The topological polar surface area (TPSA) is 37.3 Å². The lowest BCUT2D eigenvalue weighted by atomic mass is 9.88. The summed E-state index contributed by atoms with van der Waals surface area (Å²) in [5.41, 5.74) is 0.821. The van der Waals surface area contributed by atoms with Crippen molar-refractivity contribution in [3.8, 4) is 0 Å². The van der Waals surface area contributed by atoms with Crippen molar-refractivity contribution >= 4 is 10.8 Å². The van der Waals surface area contributed by atoms with Gasteiger partial charge in [0.25, 0.3) is 0 Å². The molecule has 0 fully saturated rings. The van der Waals surface area contributed by atoms with E-state index < -0.39 is 16.9 Å². The number of aryl methyl sites for hydroxylation is 1. The van der Waals surface area contributed by atoms with Crippen LogP contribution >= 0.6 is 0 Å². The zero-order valence-corrected chi connectivity index (χ0v) is 14.7. The monoisotopic (exact) mass is 308 g/mol. The lowest BCUT2D eigenvalue weighted by molar-refractivity contribution is 0.101. The molecule has 0 radical (unpaired) electrons. The van der Waals surface area contributed by atoms with Gasteiger partial charge in [0.15, 0.2) is 0 Å². The minimum Gasteiger partial charge on any atom is -0.387 e. The molecule has 21 heavy (non-hydrogen) atoms. The molecule has 0 aliphatic heterocycles. The number of hydrogen-bond donors (Lipinski definition) is 1. The molecule has 0 aliphatic carbocycles. The van der Waals surface area contributed by atoms with Crippen molar-refractivity contribution in [3.05, 3.63) is 40.8 Å². The number of aliphatic hydroxyl groups excluding tert-OH is 1. The number of aliphatic hydroxyl groups is 1. The van der Waals surface area contributed by atoms with Crippen LogP contribution in [-0.2, 0) is 10.8 Å². The van der Waals surface area contributed by atoms with E-state index in [1.54, 1.807) is 0 Å². The van der Waals surface area contributed by atoms with Crippen LogP contribution in [0.5, 0.6) is 0 Å². The fraction of sp³-hybridized carbons (Fsp3) is 0.556. The standard InChI is InChI=1S/C18H28O2S/c1-6-7-8-9-16(17(19)18(3,4)5)21(20)15-12-10-14(2)11-13-15/h9-13,17,19H,6-8H2,1-5H3/b16-9+/t17-,21+/m1/s1. The predicted octanol–water partition coefficient (Wildman–Crippen LogP) is 4.58. The molecule has 0 unspecified atom stereocenters. The highest BCUT2D eigenvalue weighted by Gasteiger charge is 2.29. The first-order chi connectivity index (χ1) is 9.77. The molecule has 0 saturated heterocycles. The number of benzene rings is 1. The van der Waals surface area contributed by atoms with Gasteiger partial charge in [-0.1, -0.05) is 64.3 Å². The van der Waals surface area contributed by atoms with Crippen molar-refractivity contribution in [2.24, 2.45) is 5.41 Å². The van der Waals surface area contributed by atoms with Crippen LogP contribution in [-0.4, -0.2) is 15.4 Å². The van der Waals surface area contributed by atoms with E-state index in [1.165, 1.54) is 0 Å². The molecular weight excluding hydrogens is 280 g/mol. The average Bonchev–Trinajstić information content (AvgIpc) is 2.42. The van der Waals surface area contributed by atoms with Crippen LogP contribution in [0.3, 0.4) is 0 Å². The Morgan fingerprint density at radius 3 is 2.33 bits per heavy atom. The first-order valence-corrected chi connectivity index (χ1v) is 8.79. The van der Waals surface area contributed by atoms with E-state index in [2.05, 4.69) is 6.92 Å². The predicted molar refractivity (Wildman–Crippen MR) is 90.7 cm³/mol. The lowest BCUT2D eigenvalue weighted by Gasteiger charge is -2.28. The van der Waals surface area contributed by atoms with Gasteiger partial charge in [-0.05, 0) is 30.9 Å². The number of unbranched alkanes of at least 4 members (excludes halogenated alkanes) is 2. The molecule has 2 atom stereocenters. The van der Waals surface area contributed by atoms with E-state index in [0.717, 1.165) is 29.7 Å². The van der Waals surface area contributed by atoms with Gasteiger partial charge < -0.3 is 5.11 Å². The summed E-state index contributed by atoms with van der Waals surface area (Å²) >= 11 is 0. The Labute approximate surface area is 131 Å². The first-order valence-electron chi connectivity index (χ1n) is 7.64. The van der Waals surface area contributed by atoms with Crippen molar-refractivity contribution in [2.45, 2.75) is 64.9 Å². The van der Waals surface area contributed by atoms with Gasteiger partial charge >= 0.3 is 0 Å². The second-order valence-corrected chi connectivity index (χ2v) is 8.08. The Kier molecular flexibility index (Phi) is 6.82. The Bertz CT molecular complexity index is 495. The lowest BCUT2D eigenvalue weighted by Crippen LogP contribution is -2.29. The summed E-state index contributed by atoms with van der Waals surface area (Å²) < 4.78 is 12.8. The largest absolute Gasteiger partial charge is 0.387 e. The SMILES string of the molecule is CCCC/C=C(\[C@@H](O)C(C)(C)C)[S@@](=O)c1ccc(C)cc1. The highest BCUT2D eigenvalue weighted by Crippen LogP contribution is 2.30. The number of rotatable bonds is 6. The van der Waals surface area contributed by atoms with Gasteiger partial charge in [0.05, 0.1) is 16.9 Å². The number of allylic oxidation sites excluding steroid dienone is 1. The Hall–Kier alpha value is -0.930. The van der Waals surface area contributed by atoms with Gasteiger partial charge in [0, 0.05) is 9.80 Å². The second kappa shape index (κ2) is 7.90. The molecule has 2 nitrogen and oxygen atoms in total. The van der Waals surface area contributed by atoms with Crippen molar-refractivity contribution < 1.29 is 9.32 Å². The maximum atomic E-state index is 12.8. The Morgan fingerprint density at radius 1 is 1.29 bits per heavy atom. The molecule has 1 aromatic rings. The van der Waals surface area contributed by atoms with Gasteiger partial charge in [-0.15, -0.1) is 0 Å². The molecule has 0 spiro atoms. The molecule has 0 aromatic heterocycles. The number of hydrogen-bond acceptors (Lipinski definition) is 2. The third-order valence-corrected chi connectivity index (χ3v) is 4.96. The summed E-state index contributed by atoms with van der Waals surface area (Å²) in [6.45, 7) is 10.0. The second-order valence-electron chi connectivity index (χ2n) is 6.60. The van der Waals surface area contributed by atoms with E-state index in [1.807, 2.05) is 58.0 Å². The zero-order valence-electron chi connectivity index (χ0n) is 13.8. The Morgan fingerprint density at radius 2 is 1.86 bits per heavy atom. The molecule has 0 aliphatic rings. The van der Waals surface area contributed by atoms with Crippen LogP contribution in [0.15, 0.2) is 40.1 Å². The molecule has 3 heteroatoms. The molecule has 0 amide bonds. The van der Waals surface area contributed by atoms with Crippen LogP contribution in [0.25, 0.3) is 0 Å². The minimum absolute atomic E-state index is 0.321. The van der Waals surface area contributed by atoms with E-state index >= 15 is 0 Å². The van der Waals surface area contributed by atoms with Crippen molar-refractivity contribution in [3.63, 3.8) is 0 Å². The molecule has 1 N–H and O–H groups in total. The molecule has 0 bridgehead atoms. The quantitative estimate of drug-likeness (QED) is 0.781. The zero-order chi connectivity index (χ0) is 16.0. The summed E-state index contributed by atoms with van der Waals surface area (Å²) in [4.78, 5) is 1.39. The van der Waals surface area contributed by atoms with Crippen LogP contribution in [0.2, 0.25) is 0 Å². The Balaban J connectivity index is 3.08. The third-order valence-electron chi connectivity index (χ3n) is 3.44. The van der Waals surface area contributed by atoms with Gasteiger partial charge in [0.1, 0.15) is 0 Å². The highest BCUT2D eigenvalue weighted by atomic mass is 32.2. The third kappa shape index (κ3) is 5.40. The van der Waals surface area contributed by atoms with Crippen molar-refractivity contribution in [1.29, 1.82) is 0 Å². The molecule has 0 heterocycles. The molecule has 1 rings (SSSR count). The normalized spacial score (nSPS) is 15.8. The smallest absolute Gasteiger partial charge is 0.0922 e. The fourth-order valence-electron chi connectivity index (χ4n) is 1.96. The van der Waals surface area contributed by atoms with Crippen molar-refractivity contribution in [1.82, 2.24) is 0 Å². The molecule has 118 valence electrons. The van der Waals surface area contributed by atoms with Crippen LogP contribution in [0, 0.1) is 12.3 Å². The van der Waals surface area contributed by atoms with Gasteiger partial charge in [-0.3, -0.25) is 0 Å². The summed E-state index contributed by atoms with van der Waals surface area (Å²) in [7, 11) is -1.30. The summed E-state index contributed by atoms with van der Waals surface area (Å²) in [6, 6.07) is 7.68. The molecule has 0 saturated carbocycles. The fourth-order valence-corrected chi connectivity index (χ4v) is 3.44. The van der Waals surface area contributed by atoms with Crippen LogP contribution in [0.1, 0.15) is 52.5 Å². The van der Waals surface area contributed by atoms with E-state index in [9.17, 15) is 9.32 Å². The van der Waals surface area contributed by atoms with E-state index in [-0.39, 0.29) is 5.41 Å². The van der Waals surface area contributed by atoms with Gasteiger partial charge in [-0.25, -0.2) is 4.21 Å². The maximum Gasteiger partial charge on any atom is 0.0922 e. The van der Waals surface area contributed by atoms with Gasteiger partial charge in [0.2, 0.25) is 0 Å². The first kappa shape index (κ1) is 18.1. The highest BCUT2D eigenvalue weighted by molar-refractivity contribution is 7.89. The van der Waals surface area contributed by atoms with Crippen LogP contribution in [0.4, 0.5) is 0 Å². The van der Waals surface area contributed by atoms with Crippen LogP contribution < -0.4 is 0 Å². The van der Waals surface area contributed by atoms with E-state index in [0.29, 0.717) is 4.91 Å². The summed E-state index contributed by atoms with van der Waals surface area (Å²) in [5.74, 6) is 0. The van der Waals surface area contributed by atoms with Crippen molar-refractivity contribution in [2.75, 3.05) is 0 Å². The average molecular weight is 308 g/mol. The molecular formula is C18H28O2S. The summed E-state index contributed by atoms with van der Waals surface area (Å²) in [5, 5.41) is 10.6. The molecule has 1 aromatic carbocycles. The minimum atomic E-state index is -1.30. The summed E-state index contributed by atoms with van der Waals surface area (Å²) in [6.07, 6.45) is 4.26.